The standard InChI is InChI=1S/C21H21ClN2O/c22-17-9-6-16(7-10-17)20(24-13-2-1-3-14-24)18-11-8-15-5-4-12-23-19(15)21(18)25/h4-12,20,25H,1-3,13-14H2. The molecule has 2 heterocycles. The third kappa shape index (κ3) is 3.22. The Labute approximate surface area is 152 Å². The van der Waals surface area contributed by atoms with E-state index in [0.29, 0.717) is 5.52 Å². The number of pyridine rings is 1. The molecule has 0 amide bonds. The lowest BCUT2D eigenvalue weighted by atomic mass is 9.93. The van der Waals surface area contributed by atoms with E-state index in [4.69, 9.17) is 11.6 Å². The maximum Gasteiger partial charge on any atom is 0.146 e. The Morgan fingerprint density at radius 1 is 0.960 bits per heavy atom. The van der Waals surface area contributed by atoms with Crippen LogP contribution in [0.4, 0.5) is 0 Å². The number of nitrogens with zero attached hydrogens (tertiary/aromatic N) is 2. The Bertz CT molecular complexity index is 873. The Hall–Kier alpha value is -2.10. The molecule has 0 spiro atoms. The Morgan fingerprint density at radius 2 is 1.72 bits per heavy atom. The molecule has 3 nitrogen and oxygen atoms in total. The number of phenolic OH excluding ortho intramolecular Hbond substituents is 1. The van der Waals surface area contributed by atoms with Gasteiger partial charge in [0.25, 0.3) is 0 Å². The molecule has 2 aromatic carbocycles. The fourth-order valence-electron chi connectivity index (χ4n) is 3.77. The topological polar surface area (TPSA) is 36.4 Å². The second kappa shape index (κ2) is 7.03. The second-order valence-corrected chi connectivity index (χ2v) is 7.07. The van der Waals surface area contributed by atoms with Crippen molar-refractivity contribution >= 4 is 22.5 Å². The van der Waals surface area contributed by atoms with Crippen LogP contribution in [0.1, 0.15) is 36.4 Å². The maximum atomic E-state index is 11.0. The zero-order valence-corrected chi connectivity index (χ0v) is 14.8. The van der Waals surface area contributed by atoms with Crippen molar-refractivity contribution in [1.29, 1.82) is 0 Å². The molecular formula is C21H21ClN2O. The van der Waals surface area contributed by atoms with Crippen molar-refractivity contribution in [3.05, 3.63) is 70.9 Å². The highest BCUT2D eigenvalue weighted by Crippen LogP contribution is 2.39. The van der Waals surface area contributed by atoms with Gasteiger partial charge in [0.1, 0.15) is 11.3 Å². The predicted molar refractivity (Wildman–Crippen MR) is 102 cm³/mol. The molecule has 1 N–H and O–H groups in total. The zero-order chi connectivity index (χ0) is 17.2. The number of rotatable bonds is 3. The van der Waals surface area contributed by atoms with Crippen LogP contribution in [-0.2, 0) is 0 Å². The minimum Gasteiger partial charge on any atom is -0.505 e. The van der Waals surface area contributed by atoms with Crippen LogP contribution in [0.5, 0.6) is 5.75 Å². The molecule has 0 aliphatic carbocycles. The quantitative estimate of drug-likeness (QED) is 0.706. The summed E-state index contributed by atoms with van der Waals surface area (Å²) in [5.74, 6) is 0.281. The van der Waals surface area contributed by atoms with Gasteiger partial charge < -0.3 is 5.11 Å². The Kier molecular flexibility index (Phi) is 4.60. The van der Waals surface area contributed by atoms with Gasteiger partial charge in [-0.15, -0.1) is 0 Å². The van der Waals surface area contributed by atoms with Crippen LogP contribution in [0.3, 0.4) is 0 Å². The van der Waals surface area contributed by atoms with E-state index in [1.165, 1.54) is 19.3 Å². The number of halogens is 1. The number of benzene rings is 2. The summed E-state index contributed by atoms with van der Waals surface area (Å²) in [6, 6.07) is 15.9. The van der Waals surface area contributed by atoms with Gasteiger partial charge in [-0.2, -0.15) is 0 Å². The minimum atomic E-state index is 0.0176. The van der Waals surface area contributed by atoms with Gasteiger partial charge in [-0.3, -0.25) is 9.88 Å². The van der Waals surface area contributed by atoms with Crippen molar-refractivity contribution < 1.29 is 5.11 Å². The summed E-state index contributed by atoms with van der Waals surface area (Å²) in [5.41, 5.74) is 2.73. The first-order valence-electron chi connectivity index (χ1n) is 8.80. The largest absolute Gasteiger partial charge is 0.505 e. The van der Waals surface area contributed by atoms with Crippen LogP contribution in [0.2, 0.25) is 5.02 Å². The Morgan fingerprint density at radius 3 is 2.48 bits per heavy atom. The normalized spacial score (nSPS) is 16.8. The van der Waals surface area contributed by atoms with Gasteiger partial charge in [0.15, 0.2) is 0 Å². The van der Waals surface area contributed by atoms with Gasteiger partial charge in [-0.05, 0) is 49.7 Å². The number of aromatic nitrogens is 1. The number of likely N-dealkylation sites (tertiary alicyclic amines) is 1. The summed E-state index contributed by atoms with van der Waals surface area (Å²) in [4.78, 5) is 6.84. The highest BCUT2D eigenvalue weighted by molar-refractivity contribution is 6.30. The molecule has 1 aromatic heterocycles. The molecule has 128 valence electrons. The third-order valence-electron chi connectivity index (χ3n) is 5.02. The Balaban J connectivity index is 1.85. The molecule has 1 saturated heterocycles. The average molecular weight is 353 g/mol. The number of piperidine rings is 1. The van der Waals surface area contributed by atoms with E-state index in [0.717, 1.165) is 34.6 Å². The molecule has 0 bridgehead atoms. The van der Waals surface area contributed by atoms with E-state index >= 15 is 0 Å². The summed E-state index contributed by atoms with van der Waals surface area (Å²) in [5, 5.41) is 12.6. The van der Waals surface area contributed by atoms with Crippen LogP contribution < -0.4 is 0 Å². The van der Waals surface area contributed by atoms with Crippen molar-refractivity contribution in [2.75, 3.05) is 13.1 Å². The lowest BCUT2D eigenvalue weighted by Gasteiger charge is -2.35. The van der Waals surface area contributed by atoms with Crippen LogP contribution in [0.15, 0.2) is 54.7 Å². The molecule has 1 aliphatic rings. The number of hydrogen-bond acceptors (Lipinski definition) is 3. The first-order chi connectivity index (χ1) is 12.2. The predicted octanol–water partition coefficient (Wildman–Crippen LogP) is 5.17. The van der Waals surface area contributed by atoms with Crippen LogP contribution in [-0.4, -0.2) is 28.1 Å². The van der Waals surface area contributed by atoms with Gasteiger partial charge in [0.2, 0.25) is 0 Å². The van der Waals surface area contributed by atoms with Gasteiger partial charge >= 0.3 is 0 Å². The average Bonchev–Trinajstić information content (AvgIpc) is 2.66. The molecule has 25 heavy (non-hydrogen) atoms. The van der Waals surface area contributed by atoms with Gasteiger partial charge in [0, 0.05) is 22.2 Å². The fraction of sp³-hybridized carbons (Fsp3) is 0.286. The number of aromatic hydroxyl groups is 1. The minimum absolute atomic E-state index is 0.0176. The summed E-state index contributed by atoms with van der Waals surface area (Å²) in [7, 11) is 0. The first-order valence-corrected chi connectivity index (χ1v) is 9.18. The molecular weight excluding hydrogens is 332 g/mol. The molecule has 4 heteroatoms. The van der Waals surface area contributed by atoms with Crippen molar-refractivity contribution in [3.63, 3.8) is 0 Å². The van der Waals surface area contributed by atoms with E-state index in [-0.39, 0.29) is 11.8 Å². The number of phenols is 1. The van der Waals surface area contributed by atoms with E-state index in [1.807, 2.05) is 36.4 Å². The zero-order valence-electron chi connectivity index (χ0n) is 14.0. The van der Waals surface area contributed by atoms with Gasteiger partial charge in [0.05, 0.1) is 6.04 Å². The molecule has 3 aromatic rings. The van der Waals surface area contributed by atoms with E-state index in [9.17, 15) is 5.11 Å². The molecule has 1 atom stereocenters. The van der Waals surface area contributed by atoms with Crippen LogP contribution >= 0.6 is 11.6 Å². The van der Waals surface area contributed by atoms with E-state index in [2.05, 4.69) is 22.0 Å². The van der Waals surface area contributed by atoms with Crippen molar-refractivity contribution in [2.24, 2.45) is 0 Å². The van der Waals surface area contributed by atoms with Crippen molar-refractivity contribution in [2.45, 2.75) is 25.3 Å². The van der Waals surface area contributed by atoms with Crippen molar-refractivity contribution in [3.8, 4) is 5.75 Å². The lowest BCUT2D eigenvalue weighted by Crippen LogP contribution is -2.34. The maximum absolute atomic E-state index is 11.0. The first kappa shape index (κ1) is 16.4. The molecule has 1 fully saturated rings. The number of hydrogen-bond donors (Lipinski definition) is 1. The van der Waals surface area contributed by atoms with Gasteiger partial charge in [-0.25, -0.2) is 0 Å². The highest BCUT2D eigenvalue weighted by atomic mass is 35.5. The van der Waals surface area contributed by atoms with E-state index < -0.39 is 0 Å². The molecule has 1 aliphatic heterocycles. The van der Waals surface area contributed by atoms with E-state index in [1.54, 1.807) is 6.20 Å². The number of fused-ring (bicyclic) bond motifs is 1. The summed E-state index contributed by atoms with van der Waals surface area (Å²) < 4.78 is 0. The monoisotopic (exact) mass is 352 g/mol. The summed E-state index contributed by atoms with van der Waals surface area (Å²) in [6.45, 7) is 2.07. The highest BCUT2D eigenvalue weighted by Gasteiger charge is 2.27. The van der Waals surface area contributed by atoms with Crippen LogP contribution in [0.25, 0.3) is 10.9 Å². The molecule has 1 unspecified atom stereocenters. The lowest BCUT2D eigenvalue weighted by molar-refractivity contribution is 0.185. The molecule has 0 saturated carbocycles. The summed E-state index contributed by atoms with van der Waals surface area (Å²) in [6.07, 6.45) is 5.38. The third-order valence-corrected chi connectivity index (χ3v) is 5.27. The van der Waals surface area contributed by atoms with Crippen molar-refractivity contribution in [1.82, 2.24) is 9.88 Å². The smallest absolute Gasteiger partial charge is 0.146 e. The molecule has 0 radical (unpaired) electrons. The van der Waals surface area contributed by atoms with Gasteiger partial charge in [-0.1, -0.05) is 48.4 Å². The molecule has 4 rings (SSSR count). The van der Waals surface area contributed by atoms with Crippen LogP contribution in [0, 0.1) is 0 Å². The SMILES string of the molecule is Oc1c(C(c2ccc(Cl)cc2)N2CCCCC2)ccc2cccnc12. The summed E-state index contributed by atoms with van der Waals surface area (Å²) >= 11 is 6.08. The second-order valence-electron chi connectivity index (χ2n) is 6.63. The fourth-order valence-corrected chi connectivity index (χ4v) is 3.90.